The van der Waals surface area contributed by atoms with Crippen LogP contribution in [0.25, 0.3) is 10.1 Å². The normalized spacial score (nSPS) is 16.6. The number of carbonyl (C=O) groups is 1. The van der Waals surface area contributed by atoms with Crippen LogP contribution in [-0.2, 0) is 6.54 Å². The predicted octanol–water partition coefficient (Wildman–Crippen LogP) is 3.84. The fourth-order valence-electron chi connectivity index (χ4n) is 2.66. The summed E-state index contributed by atoms with van der Waals surface area (Å²) in [5, 5.41) is 6.45. The molecule has 1 aliphatic heterocycles. The van der Waals surface area contributed by atoms with Crippen LogP contribution in [0.2, 0.25) is 0 Å². The first-order valence-electron chi connectivity index (χ1n) is 7.22. The van der Waals surface area contributed by atoms with Gasteiger partial charge in [-0.1, -0.05) is 25.1 Å². The maximum absolute atomic E-state index is 12.2. The zero-order valence-electron chi connectivity index (χ0n) is 11.8. The molecule has 3 rings (SSSR count). The van der Waals surface area contributed by atoms with Crippen molar-refractivity contribution in [1.82, 2.24) is 10.2 Å². The molecule has 2 aromatic rings. The van der Waals surface area contributed by atoms with Gasteiger partial charge in [-0.3, -0.25) is 0 Å². The number of urea groups is 1. The number of carbonyl (C=O) groups excluding carboxylic acids is 1. The molecule has 2 heterocycles. The Bertz CT molecular complexity index is 599. The summed E-state index contributed by atoms with van der Waals surface area (Å²) in [6, 6.07) is 8.42. The lowest BCUT2D eigenvalue weighted by molar-refractivity contribution is 0.173. The number of benzene rings is 1. The molecule has 0 aliphatic carbocycles. The Kier molecular flexibility index (Phi) is 3.92. The number of piperidine rings is 1. The van der Waals surface area contributed by atoms with Crippen molar-refractivity contribution in [2.24, 2.45) is 5.92 Å². The van der Waals surface area contributed by atoms with Crippen molar-refractivity contribution in [3.05, 3.63) is 35.2 Å². The SMILES string of the molecule is CC1CCN(C(=O)NCc2csc3ccccc23)CC1. The van der Waals surface area contributed by atoms with Gasteiger partial charge in [0.1, 0.15) is 0 Å². The number of likely N-dealkylation sites (tertiary alicyclic amines) is 1. The van der Waals surface area contributed by atoms with Gasteiger partial charge < -0.3 is 10.2 Å². The summed E-state index contributed by atoms with van der Waals surface area (Å²) in [5.74, 6) is 0.750. The van der Waals surface area contributed by atoms with Crippen LogP contribution in [0.3, 0.4) is 0 Å². The summed E-state index contributed by atoms with van der Waals surface area (Å²) in [6.07, 6.45) is 2.24. The van der Waals surface area contributed by atoms with Crippen LogP contribution in [-0.4, -0.2) is 24.0 Å². The minimum absolute atomic E-state index is 0.0761. The average Bonchev–Trinajstić information content (AvgIpc) is 2.89. The molecule has 1 aromatic heterocycles. The van der Waals surface area contributed by atoms with Crippen LogP contribution in [0.15, 0.2) is 29.6 Å². The molecule has 1 saturated heterocycles. The van der Waals surface area contributed by atoms with Crippen molar-refractivity contribution in [1.29, 1.82) is 0 Å². The summed E-state index contributed by atoms with van der Waals surface area (Å²) in [5.41, 5.74) is 1.21. The number of fused-ring (bicyclic) bond motifs is 1. The molecule has 4 heteroatoms. The Labute approximate surface area is 123 Å². The van der Waals surface area contributed by atoms with Crippen molar-refractivity contribution in [3.8, 4) is 0 Å². The molecule has 0 bridgehead atoms. The molecule has 2 amide bonds. The Morgan fingerprint density at radius 3 is 2.90 bits per heavy atom. The zero-order valence-corrected chi connectivity index (χ0v) is 12.6. The molecule has 106 valence electrons. The number of rotatable bonds is 2. The highest BCUT2D eigenvalue weighted by molar-refractivity contribution is 7.17. The van der Waals surface area contributed by atoms with Gasteiger partial charge in [-0.05, 0) is 41.2 Å². The molecule has 0 radical (unpaired) electrons. The smallest absolute Gasteiger partial charge is 0.317 e. The standard InChI is InChI=1S/C16H20N2OS/c1-12-6-8-18(9-7-12)16(19)17-10-13-11-20-15-5-3-2-4-14(13)15/h2-5,11-12H,6-10H2,1H3,(H,17,19). The van der Waals surface area contributed by atoms with Crippen LogP contribution in [0.5, 0.6) is 0 Å². The first-order valence-corrected chi connectivity index (χ1v) is 8.10. The lowest BCUT2D eigenvalue weighted by atomic mass is 10.00. The summed E-state index contributed by atoms with van der Waals surface area (Å²) in [6.45, 7) is 4.65. The second-order valence-electron chi connectivity index (χ2n) is 5.59. The number of nitrogens with one attached hydrogen (secondary N) is 1. The molecule has 1 fully saturated rings. The highest BCUT2D eigenvalue weighted by Crippen LogP contribution is 2.25. The number of hydrogen-bond acceptors (Lipinski definition) is 2. The third-order valence-corrected chi connectivity index (χ3v) is 5.07. The molecule has 1 aromatic carbocycles. The predicted molar refractivity (Wildman–Crippen MR) is 84.0 cm³/mol. The lowest BCUT2D eigenvalue weighted by Gasteiger charge is -2.30. The van der Waals surface area contributed by atoms with Crippen LogP contribution in [0.1, 0.15) is 25.3 Å². The van der Waals surface area contributed by atoms with Crippen LogP contribution >= 0.6 is 11.3 Å². The van der Waals surface area contributed by atoms with Gasteiger partial charge in [0.25, 0.3) is 0 Å². The van der Waals surface area contributed by atoms with Crippen LogP contribution in [0.4, 0.5) is 4.79 Å². The van der Waals surface area contributed by atoms with Gasteiger partial charge in [-0.15, -0.1) is 11.3 Å². The summed E-state index contributed by atoms with van der Waals surface area (Å²) in [7, 11) is 0. The van der Waals surface area contributed by atoms with Gasteiger partial charge in [-0.25, -0.2) is 4.79 Å². The fourth-order valence-corrected chi connectivity index (χ4v) is 3.63. The van der Waals surface area contributed by atoms with E-state index in [1.165, 1.54) is 15.6 Å². The highest BCUT2D eigenvalue weighted by atomic mass is 32.1. The van der Waals surface area contributed by atoms with Gasteiger partial charge in [-0.2, -0.15) is 0 Å². The summed E-state index contributed by atoms with van der Waals surface area (Å²) in [4.78, 5) is 14.1. The third-order valence-electron chi connectivity index (χ3n) is 4.06. The van der Waals surface area contributed by atoms with E-state index in [9.17, 15) is 4.79 Å². The first-order chi connectivity index (χ1) is 9.74. The van der Waals surface area contributed by atoms with Crippen molar-refractivity contribution < 1.29 is 4.79 Å². The van der Waals surface area contributed by atoms with Gasteiger partial charge in [0.05, 0.1) is 0 Å². The molecule has 0 unspecified atom stereocenters. The molecule has 0 saturated carbocycles. The molecule has 20 heavy (non-hydrogen) atoms. The maximum atomic E-state index is 12.2. The van der Waals surface area contributed by atoms with E-state index >= 15 is 0 Å². The number of nitrogens with zero attached hydrogens (tertiary/aromatic N) is 1. The summed E-state index contributed by atoms with van der Waals surface area (Å²) >= 11 is 1.74. The van der Waals surface area contributed by atoms with Crippen molar-refractivity contribution in [2.45, 2.75) is 26.3 Å². The quantitative estimate of drug-likeness (QED) is 0.894. The Morgan fingerprint density at radius 2 is 2.10 bits per heavy atom. The number of thiophene rings is 1. The van der Waals surface area contributed by atoms with Crippen molar-refractivity contribution in [2.75, 3.05) is 13.1 Å². The highest BCUT2D eigenvalue weighted by Gasteiger charge is 2.20. The fraction of sp³-hybridized carbons (Fsp3) is 0.438. The van der Waals surface area contributed by atoms with Gasteiger partial charge in [0, 0.05) is 24.3 Å². The van der Waals surface area contributed by atoms with Crippen molar-refractivity contribution in [3.63, 3.8) is 0 Å². The van der Waals surface area contributed by atoms with Crippen LogP contribution in [0, 0.1) is 5.92 Å². The molecule has 0 spiro atoms. The van der Waals surface area contributed by atoms with E-state index in [1.54, 1.807) is 11.3 Å². The molecule has 1 aliphatic rings. The topological polar surface area (TPSA) is 32.3 Å². The molecular weight excluding hydrogens is 268 g/mol. The molecule has 0 atom stereocenters. The molecule has 3 nitrogen and oxygen atoms in total. The maximum Gasteiger partial charge on any atom is 0.317 e. The van der Waals surface area contributed by atoms with E-state index in [0.717, 1.165) is 31.8 Å². The summed E-state index contributed by atoms with van der Waals surface area (Å²) < 4.78 is 1.28. The van der Waals surface area contributed by atoms with E-state index in [1.807, 2.05) is 11.0 Å². The third kappa shape index (κ3) is 2.80. The van der Waals surface area contributed by atoms with E-state index in [-0.39, 0.29) is 6.03 Å². The lowest BCUT2D eigenvalue weighted by Crippen LogP contribution is -2.43. The van der Waals surface area contributed by atoms with E-state index in [4.69, 9.17) is 0 Å². The van der Waals surface area contributed by atoms with E-state index in [2.05, 4.69) is 35.8 Å². The van der Waals surface area contributed by atoms with E-state index < -0.39 is 0 Å². The minimum Gasteiger partial charge on any atom is -0.334 e. The molecular formula is C16H20N2OS. The monoisotopic (exact) mass is 288 g/mol. The van der Waals surface area contributed by atoms with Gasteiger partial charge >= 0.3 is 6.03 Å². The Balaban J connectivity index is 1.60. The molecule has 1 N–H and O–H groups in total. The number of amides is 2. The second-order valence-corrected chi connectivity index (χ2v) is 6.50. The minimum atomic E-state index is 0.0761. The largest absolute Gasteiger partial charge is 0.334 e. The second kappa shape index (κ2) is 5.83. The van der Waals surface area contributed by atoms with Gasteiger partial charge in [0.15, 0.2) is 0 Å². The van der Waals surface area contributed by atoms with Crippen LogP contribution < -0.4 is 5.32 Å². The number of hydrogen-bond donors (Lipinski definition) is 1. The Morgan fingerprint density at radius 1 is 1.35 bits per heavy atom. The Hall–Kier alpha value is -1.55. The van der Waals surface area contributed by atoms with Gasteiger partial charge in [0.2, 0.25) is 0 Å². The van der Waals surface area contributed by atoms with E-state index in [0.29, 0.717) is 6.54 Å². The first kappa shape index (κ1) is 13.4. The van der Waals surface area contributed by atoms with Crippen molar-refractivity contribution >= 4 is 27.5 Å². The average molecular weight is 288 g/mol. The zero-order chi connectivity index (χ0) is 13.9.